The minimum absolute atomic E-state index is 0.266. The molecule has 1 aromatic carbocycles. The average Bonchev–Trinajstić information content (AvgIpc) is 3.29. The molecule has 1 N–H and O–H groups in total. The van der Waals surface area contributed by atoms with Gasteiger partial charge in [0.25, 0.3) is 0 Å². The molecule has 6 nitrogen and oxygen atoms in total. The first kappa shape index (κ1) is 18.2. The van der Waals surface area contributed by atoms with E-state index in [1.54, 1.807) is 24.7 Å². The molecule has 142 valence electrons. The summed E-state index contributed by atoms with van der Waals surface area (Å²) in [4.78, 5) is 9.08. The molecule has 0 bridgehead atoms. The molecular formula is C20H21FN6Si. The molecule has 4 rings (SSSR count). The van der Waals surface area contributed by atoms with E-state index in [2.05, 4.69) is 45.0 Å². The van der Waals surface area contributed by atoms with Gasteiger partial charge in [-0.05, 0) is 36.4 Å². The number of aromatic nitrogens is 6. The lowest BCUT2D eigenvalue weighted by atomic mass is 10.1. The van der Waals surface area contributed by atoms with Gasteiger partial charge in [-0.3, -0.25) is 4.98 Å². The SMILES string of the molecule is Cn1cnc(-c2cc(-c3n[nH]nc3[Si](C)(C)C)ccn2)c1-c1ccc(F)cc1. The lowest BCUT2D eigenvalue weighted by Crippen LogP contribution is -2.40. The Bertz CT molecular complexity index is 1120. The van der Waals surface area contributed by atoms with Crippen LogP contribution in [0, 0.1) is 5.82 Å². The van der Waals surface area contributed by atoms with Crippen LogP contribution in [0.25, 0.3) is 33.9 Å². The molecule has 8 heteroatoms. The predicted octanol–water partition coefficient (Wildman–Crippen LogP) is 3.62. The van der Waals surface area contributed by atoms with E-state index in [1.165, 1.54) is 12.1 Å². The summed E-state index contributed by atoms with van der Waals surface area (Å²) in [5.41, 5.74) is 5.06. The van der Waals surface area contributed by atoms with E-state index < -0.39 is 8.07 Å². The van der Waals surface area contributed by atoms with Crippen LogP contribution >= 0.6 is 0 Å². The largest absolute Gasteiger partial charge is 0.333 e. The molecule has 0 unspecified atom stereocenters. The van der Waals surface area contributed by atoms with Gasteiger partial charge in [-0.25, -0.2) is 9.37 Å². The summed E-state index contributed by atoms with van der Waals surface area (Å²) in [6.45, 7) is 6.71. The van der Waals surface area contributed by atoms with Crippen LogP contribution in [-0.4, -0.2) is 38.0 Å². The second-order valence-electron chi connectivity index (χ2n) is 7.76. The fraction of sp³-hybridized carbons (Fsp3) is 0.200. The lowest BCUT2D eigenvalue weighted by Gasteiger charge is -2.14. The fourth-order valence-corrected chi connectivity index (χ4v) is 4.52. The number of H-pyrrole nitrogens is 1. The number of hydrogen-bond acceptors (Lipinski definition) is 4. The monoisotopic (exact) mass is 392 g/mol. The maximum Gasteiger partial charge on any atom is 0.123 e. The number of halogens is 1. The van der Waals surface area contributed by atoms with Crippen molar-refractivity contribution in [1.29, 1.82) is 0 Å². The molecule has 4 aromatic rings. The van der Waals surface area contributed by atoms with Gasteiger partial charge in [0.15, 0.2) is 0 Å². The molecule has 3 heterocycles. The molecule has 0 aliphatic rings. The normalized spacial score (nSPS) is 11.8. The van der Waals surface area contributed by atoms with Gasteiger partial charge in [0.05, 0.1) is 23.0 Å². The van der Waals surface area contributed by atoms with Gasteiger partial charge in [-0.15, -0.1) is 0 Å². The third kappa shape index (κ3) is 3.27. The Labute approximate surface area is 163 Å². The number of imidazole rings is 1. The van der Waals surface area contributed by atoms with Crippen LogP contribution in [0.15, 0.2) is 48.9 Å². The average molecular weight is 393 g/mol. The highest BCUT2D eigenvalue weighted by molar-refractivity contribution is 6.89. The number of hydrogen-bond donors (Lipinski definition) is 1. The molecule has 0 radical (unpaired) electrons. The smallest absolute Gasteiger partial charge is 0.123 e. The molecule has 0 fully saturated rings. The van der Waals surface area contributed by atoms with Crippen LogP contribution in [0.4, 0.5) is 4.39 Å². The van der Waals surface area contributed by atoms with Crippen molar-refractivity contribution in [2.24, 2.45) is 7.05 Å². The minimum atomic E-state index is -1.65. The van der Waals surface area contributed by atoms with Crippen molar-refractivity contribution in [2.75, 3.05) is 0 Å². The summed E-state index contributed by atoms with van der Waals surface area (Å²) < 4.78 is 15.3. The van der Waals surface area contributed by atoms with Crippen molar-refractivity contribution in [2.45, 2.75) is 19.6 Å². The van der Waals surface area contributed by atoms with Crippen LogP contribution in [0.1, 0.15) is 0 Å². The van der Waals surface area contributed by atoms with Crippen LogP contribution < -0.4 is 5.32 Å². The van der Waals surface area contributed by atoms with Crippen LogP contribution in [0.2, 0.25) is 19.6 Å². The molecule has 0 saturated heterocycles. The lowest BCUT2D eigenvalue weighted by molar-refractivity contribution is 0.628. The Morgan fingerprint density at radius 3 is 2.39 bits per heavy atom. The Balaban J connectivity index is 1.82. The molecule has 0 aliphatic carbocycles. The van der Waals surface area contributed by atoms with Crippen molar-refractivity contribution < 1.29 is 4.39 Å². The van der Waals surface area contributed by atoms with Gasteiger partial charge < -0.3 is 4.57 Å². The predicted molar refractivity (Wildman–Crippen MR) is 110 cm³/mol. The number of benzene rings is 1. The van der Waals surface area contributed by atoms with Crippen molar-refractivity contribution >= 4 is 13.4 Å². The topological polar surface area (TPSA) is 72.3 Å². The Morgan fingerprint density at radius 1 is 0.929 bits per heavy atom. The summed E-state index contributed by atoms with van der Waals surface area (Å²) in [5.74, 6) is -0.266. The maximum atomic E-state index is 13.3. The minimum Gasteiger partial charge on any atom is -0.333 e. The highest BCUT2D eigenvalue weighted by Gasteiger charge is 2.26. The quantitative estimate of drug-likeness (QED) is 0.539. The number of pyridine rings is 1. The first-order valence-electron chi connectivity index (χ1n) is 9.00. The van der Waals surface area contributed by atoms with Gasteiger partial charge in [-0.2, -0.15) is 15.4 Å². The third-order valence-corrected chi connectivity index (χ3v) is 6.36. The van der Waals surface area contributed by atoms with Crippen molar-refractivity contribution in [3.63, 3.8) is 0 Å². The summed E-state index contributed by atoms with van der Waals surface area (Å²) in [5, 5.41) is 12.6. The van der Waals surface area contributed by atoms with E-state index in [1.807, 2.05) is 23.7 Å². The van der Waals surface area contributed by atoms with E-state index >= 15 is 0 Å². The fourth-order valence-electron chi connectivity index (χ4n) is 3.23. The summed E-state index contributed by atoms with van der Waals surface area (Å²) >= 11 is 0. The van der Waals surface area contributed by atoms with Gasteiger partial charge >= 0.3 is 0 Å². The van der Waals surface area contributed by atoms with Gasteiger partial charge in [0.1, 0.15) is 25.3 Å². The summed E-state index contributed by atoms with van der Waals surface area (Å²) in [7, 11) is 0.266. The van der Waals surface area contributed by atoms with Crippen LogP contribution in [-0.2, 0) is 7.05 Å². The number of aryl methyl sites for hydroxylation is 1. The zero-order chi connectivity index (χ0) is 19.9. The molecule has 3 aromatic heterocycles. The third-order valence-electron chi connectivity index (χ3n) is 4.59. The van der Waals surface area contributed by atoms with Crippen molar-refractivity contribution in [3.8, 4) is 33.9 Å². The zero-order valence-corrected chi connectivity index (χ0v) is 17.2. The Hall–Kier alpha value is -3.13. The molecule has 0 aliphatic heterocycles. The second kappa shape index (κ2) is 6.79. The first-order valence-corrected chi connectivity index (χ1v) is 12.5. The molecule has 0 amide bonds. The number of aromatic amines is 1. The first-order chi connectivity index (χ1) is 13.3. The Morgan fingerprint density at radius 2 is 1.68 bits per heavy atom. The Kier molecular flexibility index (Phi) is 4.42. The van der Waals surface area contributed by atoms with Crippen molar-refractivity contribution in [1.82, 2.24) is 29.9 Å². The molecular weight excluding hydrogens is 371 g/mol. The van der Waals surface area contributed by atoms with E-state index in [0.29, 0.717) is 0 Å². The number of nitrogens with one attached hydrogen (secondary N) is 1. The summed E-state index contributed by atoms with van der Waals surface area (Å²) in [6, 6.07) is 10.3. The van der Waals surface area contributed by atoms with Crippen LogP contribution in [0.3, 0.4) is 0 Å². The van der Waals surface area contributed by atoms with Crippen molar-refractivity contribution in [3.05, 3.63) is 54.7 Å². The van der Waals surface area contributed by atoms with Gasteiger partial charge in [-0.1, -0.05) is 19.6 Å². The van der Waals surface area contributed by atoms with E-state index in [-0.39, 0.29) is 5.82 Å². The van der Waals surface area contributed by atoms with E-state index in [4.69, 9.17) is 0 Å². The zero-order valence-electron chi connectivity index (χ0n) is 16.2. The number of nitrogens with zero attached hydrogens (tertiary/aromatic N) is 5. The highest BCUT2D eigenvalue weighted by atomic mass is 28.3. The second-order valence-corrected chi connectivity index (χ2v) is 12.7. The highest BCUT2D eigenvalue weighted by Crippen LogP contribution is 2.31. The molecule has 28 heavy (non-hydrogen) atoms. The molecule has 0 spiro atoms. The van der Waals surface area contributed by atoms with E-state index in [9.17, 15) is 4.39 Å². The maximum absolute atomic E-state index is 13.3. The summed E-state index contributed by atoms with van der Waals surface area (Å²) in [6.07, 6.45) is 3.50. The molecule has 0 atom stereocenters. The molecule has 0 saturated carbocycles. The van der Waals surface area contributed by atoms with Gasteiger partial charge in [0.2, 0.25) is 0 Å². The van der Waals surface area contributed by atoms with Crippen LogP contribution in [0.5, 0.6) is 0 Å². The van der Waals surface area contributed by atoms with Gasteiger partial charge in [0, 0.05) is 24.4 Å². The standard InChI is InChI=1S/C20H21FN6Si/c1-27-12-23-18(19(27)13-5-7-15(21)8-6-13)16-11-14(9-10-22-16)17-20(25-26-24-17)28(2,3)4/h5-12H,1-4H3,(H,24,25,26). The van der Waals surface area contributed by atoms with E-state index in [0.717, 1.165) is 39.2 Å². The number of rotatable bonds is 4.